The van der Waals surface area contributed by atoms with Crippen molar-refractivity contribution in [2.75, 3.05) is 13.7 Å². The standard InChI is InChI=1S/C17H23N3O3S/c1-10(9-23-2)18-14(21)8-13-19-16(22)15-11-6-4-3-5-7-12(11)24-17(15)20-13/h10H,3-9H2,1-2H3,(H,18,21)(H,19,20,22). The number of rotatable bonds is 5. The Balaban J connectivity index is 1.83. The average molecular weight is 349 g/mol. The molecule has 1 atom stereocenters. The maximum absolute atomic E-state index is 12.5. The zero-order valence-corrected chi connectivity index (χ0v) is 14.9. The van der Waals surface area contributed by atoms with Crippen LogP contribution in [0.5, 0.6) is 0 Å². The van der Waals surface area contributed by atoms with E-state index in [2.05, 4.69) is 15.3 Å². The molecule has 2 aromatic rings. The van der Waals surface area contributed by atoms with Crippen molar-refractivity contribution in [1.29, 1.82) is 0 Å². The van der Waals surface area contributed by atoms with Gasteiger partial charge in [0.15, 0.2) is 0 Å². The minimum absolute atomic E-state index is 0.0712. The lowest BCUT2D eigenvalue weighted by molar-refractivity contribution is -0.121. The van der Waals surface area contributed by atoms with Crippen LogP contribution >= 0.6 is 11.3 Å². The highest BCUT2D eigenvalue weighted by Crippen LogP contribution is 2.32. The minimum Gasteiger partial charge on any atom is -0.383 e. The second-order valence-corrected chi connectivity index (χ2v) is 7.44. The third-order valence-corrected chi connectivity index (χ3v) is 5.46. The summed E-state index contributed by atoms with van der Waals surface area (Å²) < 4.78 is 5.00. The number of thiophene rings is 1. The predicted octanol–water partition coefficient (Wildman–Crippen LogP) is 1.95. The molecule has 24 heavy (non-hydrogen) atoms. The highest BCUT2D eigenvalue weighted by molar-refractivity contribution is 7.18. The van der Waals surface area contributed by atoms with Crippen molar-refractivity contribution in [2.45, 2.75) is 51.5 Å². The van der Waals surface area contributed by atoms with Crippen molar-refractivity contribution >= 4 is 27.5 Å². The van der Waals surface area contributed by atoms with Gasteiger partial charge in [0.2, 0.25) is 5.91 Å². The van der Waals surface area contributed by atoms with Crippen molar-refractivity contribution in [2.24, 2.45) is 0 Å². The molecule has 0 spiro atoms. The molecule has 2 N–H and O–H groups in total. The Morgan fingerprint density at radius 2 is 2.17 bits per heavy atom. The monoisotopic (exact) mass is 349 g/mol. The van der Waals surface area contributed by atoms with Crippen LogP contribution in [0.3, 0.4) is 0 Å². The smallest absolute Gasteiger partial charge is 0.259 e. The van der Waals surface area contributed by atoms with Crippen molar-refractivity contribution < 1.29 is 9.53 Å². The Morgan fingerprint density at radius 1 is 1.38 bits per heavy atom. The number of aromatic nitrogens is 2. The number of amides is 1. The number of hydrogen-bond acceptors (Lipinski definition) is 5. The van der Waals surface area contributed by atoms with Crippen molar-refractivity contribution in [1.82, 2.24) is 15.3 Å². The number of H-pyrrole nitrogens is 1. The molecule has 3 rings (SSSR count). The molecule has 130 valence electrons. The van der Waals surface area contributed by atoms with Crippen LogP contribution < -0.4 is 10.9 Å². The summed E-state index contributed by atoms with van der Waals surface area (Å²) >= 11 is 1.61. The zero-order valence-electron chi connectivity index (χ0n) is 14.1. The number of ether oxygens (including phenoxy) is 1. The van der Waals surface area contributed by atoms with Gasteiger partial charge in [-0.25, -0.2) is 4.98 Å². The van der Waals surface area contributed by atoms with Gasteiger partial charge >= 0.3 is 0 Å². The largest absolute Gasteiger partial charge is 0.383 e. The van der Waals surface area contributed by atoms with Gasteiger partial charge < -0.3 is 15.0 Å². The first-order valence-corrected chi connectivity index (χ1v) is 9.22. The molecule has 1 aliphatic rings. The molecule has 2 aromatic heterocycles. The molecule has 0 bridgehead atoms. The van der Waals surface area contributed by atoms with E-state index in [4.69, 9.17) is 4.74 Å². The van der Waals surface area contributed by atoms with Gasteiger partial charge in [0, 0.05) is 18.0 Å². The lowest BCUT2D eigenvalue weighted by Gasteiger charge is -2.12. The number of aryl methyl sites for hydroxylation is 2. The molecule has 7 heteroatoms. The van der Waals surface area contributed by atoms with Crippen LogP contribution in [0.1, 0.15) is 42.5 Å². The summed E-state index contributed by atoms with van der Waals surface area (Å²) in [6, 6.07) is -0.0734. The van der Waals surface area contributed by atoms with E-state index in [9.17, 15) is 9.59 Å². The fourth-order valence-electron chi connectivity index (χ4n) is 3.24. The first-order valence-electron chi connectivity index (χ1n) is 8.40. The summed E-state index contributed by atoms with van der Waals surface area (Å²) in [6.45, 7) is 2.32. The Hall–Kier alpha value is -1.73. The van der Waals surface area contributed by atoms with E-state index >= 15 is 0 Å². The van der Waals surface area contributed by atoms with Gasteiger partial charge in [0.05, 0.1) is 18.4 Å². The van der Waals surface area contributed by atoms with E-state index in [1.807, 2.05) is 6.92 Å². The maximum Gasteiger partial charge on any atom is 0.259 e. The molecule has 0 aromatic carbocycles. The van der Waals surface area contributed by atoms with Crippen LogP contribution in [0, 0.1) is 0 Å². The number of fused-ring (bicyclic) bond motifs is 3. The van der Waals surface area contributed by atoms with Crippen LogP contribution in [0.25, 0.3) is 10.2 Å². The molecule has 1 aliphatic carbocycles. The van der Waals surface area contributed by atoms with E-state index in [0.29, 0.717) is 12.4 Å². The van der Waals surface area contributed by atoms with Gasteiger partial charge in [0.25, 0.3) is 5.56 Å². The summed E-state index contributed by atoms with van der Waals surface area (Å²) in [7, 11) is 1.59. The Kier molecular flexibility index (Phi) is 5.30. The van der Waals surface area contributed by atoms with Crippen LogP contribution in [0.15, 0.2) is 4.79 Å². The number of nitrogens with zero attached hydrogens (tertiary/aromatic N) is 1. The van der Waals surface area contributed by atoms with Crippen molar-refractivity contribution in [3.8, 4) is 0 Å². The highest BCUT2D eigenvalue weighted by Gasteiger charge is 2.19. The van der Waals surface area contributed by atoms with Gasteiger partial charge in [-0.1, -0.05) is 6.42 Å². The first kappa shape index (κ1) is 17.1. The predicted molar refractivity (Wildman–Crippen MR) is 94.7 cm³/mol. The van der Waals surface area contributed by atoms with Gasteiger partial charge in [0.1, 0.15) is 10.7 Å². The molecule has 0 saturated heterocycles. The molecule has 6 nitrogen and oxygen atoms in total. The molecule has 0 fully saturated rings. The molecular weight excluding hydrogens is 326 g/mol. The second kappa shape index (κ2) is 7.44. The molecule has 0 saturated carbocycles. The SMILES string of the molecule is COCC(C)NC(=O)Cc1nc2sc3c(c2c(=O)[nH]1)CCCCC3. The van der Waals surface area contributed by atoms with E-state index in [0.717, 1.165) is 29.5 Å². The van der Waals surface area contributed by atoms with Crippen molar-refractivity contribution in [3.63, 3.8) is 0 Å². The van der Waals surface area contributed by atoms with Crippen LogP contribution in [-0.4, -0.2) is 35.6 Å². The van der Waals surface area contributed by atoms with Gasteiger partial charge in [-0.15, -0.1) is 11.3 Å². The van der Waals surface area contributed by atoms with Crippen LogP contribution in [0.2, 0.25) is 0 Å². The molecule has 2 heterocycles. The fourth-order valence-corrected chi connectivity index (χ4v) is 4.52. The summed E-state index contributed by atoms with van der Waals surface area (Å²) in [5.41, 5.74) is 1.05. The normalized spacial score (nSPS) is 15.8. The molecular formula is C17H23N3O3S. The van der Waals surface area contributed by atoms with Gasteiger partial charge in [-0.2, -0.15) is 0 Å². The lowest BCUT2D eigenvalue weighted by atomic mass is 10.1. The third kappa shape index (κ3) is 3.67. The van der Waals surface area contributed by atoms with E-state index in [1.165, 1.54) is 23.3 Å². The lowest BCUT2D eigenvalue weighted by Crippen LogP contribution is -2.37. The molecule has 0 aliphatic heterocycles. The van der Waals surface area contributed by atoms with Gasteiger partial charge in [-0.05, 0) is 38.2 Å². The quantitative estimate of drug-likeness (QED) is 0.808. The van der Waals surface area contributed by atoms with Gasteiger partial charge in [-0.3, -0.25) is 9.59 Å². The molecule has 1 amide bonds. The number of aromatic amines is 1. The molecule has 1 unspecified atom stereocenters. The topological polar surface area (TPSA) is 84.1 Å². The van der Waals surface area contributed by atoms with Crippen molar-refractivity contribution in [3.05, 3.63) is 26.6 Å². The van der Waals surface area contributed by atoms with Crippen LogP contribution in [-0.2, 0) is 28.8 Å². The number of methoxy groups -OCH3 is 1. The van der Waals surface area contributed by atoms with E-state index in [-0.39, 0.29) is 23.9 Å². The number of hydrogen-bond donors (Lipinski definition) is 2. The summed E-state index contributed by atoms with van der Waals surface area (Å²) in [6.07, 6.45) is 5.56. The number of carbonyl (C=O) groups is 1. The number of carbonyl (C=O) groups excluding carboxylic acids is 1. The second-order valence-electron chi connectivity index (χ2n) is 6.36. The average Bonchev–Trinajstić information content (AvgIpc) is 2.70. The van der Waals surface area contributed by atoms with E-state index in [1.54, 1.807) is 18.4 Å². The first-order chi connectivity index (χ1) is 11.6. The third-order valence-electron chi connectivity index (χ3n) is 4.28. The Morgan fingerprint density at radius 3 is 2.96 bits per heavy atom. The fraction of sp³-hybridized carbons (Fsp3) is 0.588. The summed E-state index contributed by atoms with van der Waals surface area (Å²) in [5.74, 6) is 0.256. The zero-order chi connectivity index (χ0) is 17.1. The van der Waals surface area contributed by atoms with E-state index < -0.39 is 0 Å². The highest BCUT2D eigenvalue weighted by atomic mass is 32.1. The molecule has 0 radical (unpaired) electrons. The summed E-state index contributed by atoms with van der Waals surface area (Å²) in [4.78, 5) is 33.9. The minimum atomic E-state index is -0.167. The Bertz CT molecular complexity index is 796. The maximum atomic E-state index is 12.5. The summed E-state index contributed by atoms with van der Waals surface area (Å²) in [5, 5.41) is 3.56. The number of nitrogens with one attached hydrogen (secondary N) is 2. The Labute approximate surface area is 144 Å². The van der Waals surface area contributed by atoms with Crippen LogP contribution in [0.4, 0.5) is 0 Å².